The van der Waals surface area contributed by atoms with Gasteiger partial charge in [-0.1, -0.05) is 11.8 Å². The van der Waals surface area contributed by atoms with E-state index in [1.54, 1.807) is 11.6 Å². The summed E-state index contributed by atoms with van der Waals surface area (Å²) in [6.07, 6.45) is 1.60. The van der Waals surface area contributed by atoms with E-state index in [2.05, 4.69) is 5.32 Å². The Labute approximate surface area is 57.5 Å². The molecule has 1 unspecified atom stereocenters. The topological polar surface area (TPSA) is 38.3 Å². The maximum atomic E-state index is 10.7. The second-order valence-corrected chi connectivity index (χ2v) is 2.49. The minimum Gasteiger partial charge on any atom is -0.360 e. The number of amides is 1. The number of ether oxygens (including phenoxy) is 1. The second-order valence-electron chi connectivity index (χ2n) is 1.52. The first kappa shape index (κ1) is 6.64. The van der Waals surface area contributed by atoms with Gasteiger partial charge in [0.25, 0.3) is 5.91 Å². The summed E-state index contributed by atoms with van der Waals surface area (Å²) in [6.45, 7) is 0. The van der Waals surface area contributed by atoms with E-state index in [4.69, 9.17) is 4.74 Å². The molecule has 50 valence electrons. The molecule has 1 aliphatic rings. The Hall–Kier alpha value is -0.480. The first-order valence-electron chi connectivity index (χ1n) is 2.48. The number of carbonyl (C=O) groups is 1. The Bertz CT molecular complexity index is 146. The molecule has 3 nitrogen and oxygen atoms in total. The third-order valence-electron chi connectivity index (χ3n) is 0.924. The molecule has 1 heterocycles. The summed E-state index contributed by atoms with van der Waals surface area (Å²) in [5, 5.41) is 4.30. The van der Waals surface area contributed by atoms with E-state index in [0.29, 0.717) is 0 Å². The predicted octanol–water partition coefficient (Wildman–Crippen LogP) is 0.293. The van der Waals surface area contributed by atoms with Crippen LogP contribution in [0.3, 0.4) is 0 Å². The molecule has 0 saturated heterocycles. The van der Waals surface area contributed by atoms with Crippen LogP contribution in [0.2, 0.25) is 0 Å². The first-order valence-corrected chi connectivity index (χ1v) is 3.42. The number of thioether (sulfide) groups is 1. The number of methoxy groups -OCH3 is 1. The summed E-state index contributed by atoms with van der Waals surface area (Å²) in [5.41, 5.74) is -0.366. The molecule has 0 saturated carbocycles. The zero-order valence-electron chi connectivity index (χ0n) is 4.96. The van der Waals surface area contributed by atoms with Gasteiger partial charge in [-0.05, 0) is 5.41 Å². The lowest BCUT2D eigenvalue weighted by Gasteiger charge is -2.13. The van der Waals surface area contributed by atoms with Crippen molar-refractivity contribution in [1.82, 2.24) is 5.32 Å². The van der Waals surface area contributed by atoms with Gasteiger partial charge in [0.15, 0.2) is 5.44 Å². The number of rotatable bonds is 1. The van der Waals surface area contributed by atoms with Gasteiger partial charge in [0.2, 0.25) is 0 Å². The molecule has 0 spiro atoms. The number of hydrogen-bond donors (Lipinski definition) is 1. The van der Waals surface area contributed by atoms with Gasteiger partial charge in [-0.3, -0.25) is 4.79 Å². The van der Waals surface area contributed by atoms with Crippen LogP contribution in [0, 0.1) is 0 Å². The number of nitrogens with one attached hydrogen (secondary N) is 1. The molecule has 1 N–H and O–H groups in total. The Kier molecular flexibility index (Phi) is 2.13. The molecular formula is C5H7NO2S. The number of hydrogen-bond acceptors (Lipinski definition) is 3. The van der Waals surface area contributed by atoms with Crippen molar-refractivity contribution in [2.24, 2.45) is 0 Å². The normalized spacial score (nSPS) is 25.9. The SMILES string of the molecule is COC1SC=CNC1=O. The highest BCUT2D eigenvalue weighted by atomic mass is 32.2. The van der Waals surface area contributed by atoms with Crippen molar-refractivity contribution in [3.05, 3.63) is 11.6 Å². The van der Waals surface area contributed by atoms with Crippen LogP contribution >= 0.6 is 11.8 Å². The Morgan fingerprint density at radius 2 is 2.67 bits per heavy atom. The van der Waals surface area contributed by atoms with E-state index in [1.807, 2.05) is 0 Å². The van der Waals surface area contributed by atoms with Crippen LogP contribution in [0.1, 0.15) is 0 Å². The molecule has 0 aromatic rings. The van der Waals surface area contributed by atoms with E-state index < -0.39 is 0 Å². The summed E-state index contributed by atoms with van der Waals surface area (Å²) >= 11 is 1.36. The largest absolute Gasteiger partial charge is 0.360 e. The van der Waals surface area contributed by atoms with Gasteiger partial charge in [0.05, 0.1) is 0 Å². The maximum Gasteiger partial charge on any atom is 0.263 e. The van der Waals surface area contributed by atoms with Gasteiger partial charge in [-0.25, -0.2) is 0 Å². The monoisotopic (exact) mass is 145 g/mol. The molecule has 1 amide bonds. The first-order chi connectivity index (χ1) is 4.34. The van der Waals surface area contributed by atoms with Crippen LogP contribution in [0.5, 0.6) is 0 Å². The van der Waals surface area contributed by atoms with Crippen molar-refractivity contribution in [3.63, 3.8) is 0 Å². The molecule has 0 bridgehead atoms. The van der Waals surface area contributed by atoms with Crippen molar-refractivity contribution >= 4 is 17.7 Å². The van der Waals surface area contributed by atoms with Gasteiger partial charge in [0, 0.05) is 13.3 Å². The van der Waals surface area contributed by atoms with Gasteiger partial charge in [0.1, 0.15) is 0 Å². The third-order valence-corrected chi connectivity index (χ3v) is 1.87. The Balaban J connectivity index is 2.53. The Morgan fingerprint density at radius 3 is 3.11 bits per heavy atom. The summed E-state index contributed by atoms with van der Waals surface area (Å²) in [5.74, 6) is -0.0926. The molecule has 0 fully saturated rings. The third kappa shape index (κ3) is 1.46. The van der Waals surface area contributed by atoms with Crippen LogP contribution in [-0.2, 0) is 9.53 Å². The lowest BCUT2D eigenvalue weighted by Crippen LogP contribution is -2.32. The molecule has 0 aliphatic carbocycles. The lowest BCUT2D eigenvalue weighted by molar-refractivity contribution is -0.125. The predicted molar refractivity (Wildman–Crippen MR) is 35.7 cm³/mol. The molecule has 0 radical (unpaired) electrons. The van der Waals surface area contributed by atoms with Crippen LogP contribution in [0.15, 0.2) is 11.6 Å². The fourth-order valence-electron chi connectivity index (χ4n) is 0.519. The quantitative estimate of drug-likeness (QED) is 0.576. The van der Waals surface area contributed by atoms with E-state index in [9.17, 15) is 4.79 Å². The zero-order chi connectivity index (χ0) is 6.69. The average Bonchev–Trinajstić information content (AvgIpc) is 1.89. The van der Waals surface area contributed by atoms with Crippen LogP contribution < -0.4 is 5.32 Å². The van der Waals surface area contributed by atoms with Gasteiger partial charge < -0.3 is 10.1 Å². The van der Waals surface area contributed by atoms with Crippen LogP contribution in [-0.4, -0.2) is 18.5 Å². The summed E-state index contributed by atoms with van der Waals surface area (Å²) in [7, 11) is 1.51. The van der Waals surface area contributed by atoms with Crippen molar-refractivity contribution < 1.29 is 9.53 Å². The molecular weight excluding hydrogens is 138 g/mol. The maximum absolute atomic E-state index is 10.7. The highest BCUT2D eigenvalue weighted by Crippen LogP contribution is 2.15. The van der Waals surface area contributed by atoms with E-state index >= 15 is 0 Å². The van der Waals surface area contributed by atoms with E-state index in [0.717, 1.165) is 0 Å². The van der Waals surface area contributed by atoms with Gasteiger partial charge in [-0.2, -0.15) is 0 Å². The molecule has 0 aromatic heterocycles. The molecule has 1 aliphatic heterocycles. The lowest BCUT2D eigenvalue weighted by atomic mass is 10.6. The molecule has 1 atom stereocenters. The minimum atomic E-state index is -0.366. The van der Waals surface area contributed by atoms with E-state index in [1.165, 1.54) is 18.9 Å². The fraction of sp³-hybridized carbons (Fsp3) is 0.400. The van der Waals surface area contributed by atoms with Crippen molar-refractivity contribution in [1.29, 1.82) is 0 Å². The van der Waals surface area contributed by atoms with Gasteiger partial charge >= 0.3 is 0 Å². The summed E-state index contributed by atoms with van der Waals surface area (Å²) in [4.78, 5) is 10.7. The smallest absolute Gasteiger partial charge is 0.263 e. The summed E-state index contributed by atoms with van der Waals surface area (Å²) in [6, 6.07) is 0. The molecule has 4 heteroatoms. The highest BCUT2D eigenvalue weighted by Gasteiger charge is 2.17. The number of carbonyl (C=O) groups excluding carboxylic acids is 1. The van der Waals surface area contributed by atoms with Gasteiger partial charge in [-0.15, -0.1) is 0 Å². The molecule has 1 rings (SSSR count). The van der Waals surface area contributed by atoms with Crippen molar-refractivity contribution in [3.8, 4) is 0 Å². The van der Waals surface area contributed by atoms with Crippen LogP contribution in [0.4, 0.5) is 0 Å². The fourth-order valence-corrected chi connectivity index (χ4v) is 1.11. The zero-order valence-corrected chi connectivity index (χ0v) is 5.77. The van der Waals surface area contributed by atoms with Crippen molar-refractivity contribution in [2.75, 3.05) is 7.11 Å². The Morgan fingerprint density at radius 1 is 1.89 bits per heavy atom. The summed E-state index contributed by atoms with van der Waals surface area (Å²) < 4.78 is 4.80. The minimum absolute atomic E-state index is 0.0926. The molecule has 9 heavy (non-hydrogen) atoms. The average molecular weight is 145 g/mol. The van der Waals surface area contributed by atoms with Crippen LogP contribution in [0.25, 0.3) is 0 Å². The van der Waals surface area contributed by atoms with E-state index in [-0.39, 0.29) is 11.3 Å². The van der Waals surface area contributed by atoms with Crippen molar-refractivity contribution in [2.45, 2.75) is 5.44 Å². The second kappa shape index (κ2) is 2.89. The standard InChI is InChI=1S/C5H7NO2S/c1-8-5-4(7)6-2-3-9-5/h2-3,5H,1H3,(H,6,7). The molecule has 0 aromatic carbocycles. The highest BCUT2D eigenvalue weighted by molar-refractivity contribution is 8.03.